The number of fused-ring (bicyclic) bond motifs is 1. The van der Waals surface area contributed by atoms with Crippen LogP contribution in [0, 0.1) is 31.6 Å². The lowest BCUT2D eigenvalue weighted by molar-refractivity contribution is 0.173. The Morgan fingerprint density at radius 3 is 2.48 bits per heavy atom. The summed E-state index contributed by atoms with van der Waals surface area (Å²) in [6.45, 7) is 12.2. The van der Waals surface area contributed by atoms with Crippen LogP contribution in [0.25, 0.3) is 0 Å². The minimum Gasteiger partial charge on any atom is -0.493 e. The lowest BCUT2D eigenvalue weighted by Crippen LogP contribution is -2.22. The Kier molecular flexibility index (Phi) is 8.33. The van der Waals surface area contributed by atoms with Gasteiger partial charge in [-0.3, -0.25) is 0 Å². The van der Waals surface area contributed by atoms with Crippen molar-refractivity contribution in [1.82, 2.24) is 0 Å². The van der Waals surface area contributed by atoms with E-state index in [1.165, 1.54) is 74.5 Å². The van der Waals surface area contributed by atoms with Gasteiger partial charge in [-0.25, -0.2) is 0 Å². The molecule has 1 aliphatic heterocycles. The SMILES string of the molecule is CCCC(C)CCCC1CCC(COc2cc3c(c(C)c2C)OC(C)CC3)CC1. The van der Waals surface area contributed by atoms with Crippen molar-refractivity contribution < 1.29 is 9.47 Å². The largest absolute Gasteiger partial charge is 0.493 e. The van der Waals surface area contributed by atoms with E-state index in [0.29, 0.717) is 6.10 Å². The predicted molar refractivity (Wildman–Crippen MR) is 123 cm³/mol. The quantitative estimate of drug-likeness (QED) is 0.421. The third-order valence-electron chi connectivity index (χ3n) is 7.54. The summed E-state index contributed by atoms with van der Waals surface area (Å²) in [6.07, 6.45) is 15.1. The molecule has 0 amide bonds. The zero-order valence-corrected chi connectivity index (χ0v) is 19.7. The summed E-state index contributed by atoms with van der Waals surface area (Å²) in [6, 6.07) is 2.26. The second-order valence-corrected chi connectivity index (χ2v) is 10.1. The zero-order chi connectivity index (χ0) is 20.8. The number of rotatable bonds is 9. The van der Waals surface area contributed by atoms with Crippen molar-refractivity contribution in [3.63, 3.8) is 0 Å². The molecule has 2 atom stereocenters. The van der Waals surface area contributed by atoms with Crippen LogP contribution in [0.1, 0.15) is 102 Å². The standard InChI is InChI=1S/C27H44O2/c1-6-8-19(2)9-7-10-23-12-14-24(15-13-23)18-28-26-17-25-16-11-20(3)29-27(25)22(5)21(26)4/h17,19-20,23-24H,6-16,18H2,1-5H3. The van der Waals surface area contributed by atoms with Gasteiger partial charge in [0, 0.05) is 0 Å². The fraction of sp³-hybridized carbons (Fsp3) is 0.778. The van der Waals surface area contributed by atoms with Crippen LogP contribution in [-0.2, 0) is 6.42 Å². The van der Waals surface area contributed by atoms with E-state index in [4.69, 9.17) is 9.47 Å². The van der Waals surface area contributed by atoms with Crippen LogP contribution >= 0.6 is 0 Å². The van der Waals surface area contributed by atoms with E-state index < -0.39 is 0 Å². The first-order valence-electron chi connectivity index (χ1n) is 12.4. The number of hydrogen-bond donors (Lipinski definition) is 0. The highest BCUT2D eigenvalue weighted by Crippen LogP contribution is 2.39. The summed E-state index contributed by atoms with van der Waals surface area (Å²) in [4.78, 5) is 0. The Bertz CT molecular complexity index is 642. The van der Waals surface area contributed by atoms with Gasteiger partial charge in [0.25, 0.3) is 0 Å². The van der Waals surface area contributed by atoms with Gasteiger partial charge in [0.05, 0.1) is 12.7 Å². The second-order valence-electron chi connectivity index (χ2n) is 10.1. The molecule has 1 fully saturated rings. The normalized spacial score (nSPS) is 25.2. The number of hydrogen-bond acceptors (Lipinski definition) is 2. The van der Waals surface area contributed by atoms with Crippen LogP contribution in [0.2, 0.25) is 0 Å². The maximum absolute atomic E-state index is 6.37. The highest BCUT2D eigenvalue weighted by Gasteiger charge is 2.24. The summed E-state index contributed by atoms with van der Waals surface area (Å²) in [5, 5.41) is 0. The Morgan fingerprint density at radius 1 is 1.03 bits per heavy atom. The minimum atomic E-state index is 0.331. The topological polar surface area (TPSA) is 18.5 Å². The third kappa shape index (κ3) is 6.15. The van der Waals surface area contributed by atoms with Gasteiger partial charge in [-0.05, 0) is 87.0 Å². The lowest BCUT2D eigenvalue weighted by Gasteiger charge is -2.30. The summed E-state index contributed by atoms with van der Waals surface area (Å²) in [5.41, 5.74) is 3.86. The maximum Gasteiger partial charge on any atom is 0.126 e. The Morgan fingerprint density at radius 2 is 1.76 bits per heavy atom. The van der Waals surface area contributed by atoms with Crippen LogP contribution in [0.3, 0.4) is 0 Å². The van der Waals surface area contributed by atoms with Crippen molar-refractivity contribution >= 4 is 0 Å². The highest BCUT2D eigenvalue weighted by molar-refractivity contribution is 5.53. The molecule has 3 rings (SSSR count). The van der Waals surface area contributed by atoms with E-state index in [9.17, 15) is 0 Å². The van der Waals surface area contributed by atoms with E-state index in [1.54, 1.807) is 0 Å². The van der Waals surface area contributed by atoms with Gasteiger partial charge in [0.2, 0.25) is 0 Å². The molecule has 0 bridgehead atoms. The Hall–Kier alpha value is -1.18. The molecular weight excluding hydrogens is 356 g/mol. The van der Waals surface area contributed by atoms with Gasteiger partial charge < -0.3 is 9.47 Å². The van der Waals surface area contributed by atoms with Crippen molar-refractivity contribution in [3.8, 4) is 11.5 Å². The van der Waals surface area contributed by atoms with Gasteiger partial charge in [0.1, 0.15) is 11.5 Å². The molecule has 2 nitrogen and oxygen atoms in total. The number of ether oxygens (including phenoxy) is 2. The molecular formula is C27H44O2. The van der Waals surface area contributed by atoms with Gasteiger partial charge >= 0.3 is 0 Å². The van der Waals surface area contributed by atoms with Crippen molar-refractivity contribution in [2.45, 2.75) is 111 Å². The smallest absolute Gasteiger partial charge is 0.126 e. The van der Waals surface area contributed by atoms with Gasteiger partial charge in [-0.15, -0.1) is 0 Å². The van der Waals surface area contributed by atoms with Crippen molar-refractivity contribution in [3.05, 3.63) is 22.8 Å². The van der Waals surface area contributed by atoms with Crippen molar-refractivity contribution in [1.29, 1.82) is 0 Å². The molecule has 0 aromatic heterocycles. The zero-order valence-electron chi connectivity index (χ0n) is 19.7. The summed E-state index contributed by atoms with van der Waals surface area (Å²) in [7, 11) is 0. The van der Waals surface area contributed by atoms with Crippen LogP contribution < -0.4 is 9.47 Å². The summed E-state index contributed by atoms with van der Waals surface area (Å²) in [5.74, 6) is 4.82. The summed E-state index contributed by atoms with van der Waals surface area (Å²) < 4.78 is 12.5. The number of aryl methyl sites for hydroxylation is 1. The number of benzene rings is 1. The molecule has 0 spiro atoms. The predicted octanol–water partition coefficient (Wildman–Crippen LogP) is 7.81. The first-order chi connectivity index (χ1) is 14.0. The molecule has 1 aromatic rings. The van der Waals surface area contributed by atoms with Gasteiger partial charge in [0.15, 0.2) is 0 Å². The average molecular weight is 401 g/mol. The monoisotopic (exact) mass is 400 g/mol. The minimum absolute atomic E-state index is 0.331. The van der Waals surface area contributed by atoms with Crippen LogP contribution in [0.5, 0.6) is 11.5 Å². The summed E-state index contributed by atoms with van der Waals surface area (Å²) >= 11 is 0. The molecule has 1 aromatic carbocycles. The first kappa shape index (κ1) is 22.5. The molecule has 1 heterocycles. The van der Waals surface area contributed by atoms with Crippen LogP contribution in [-0.4, -0.2) is 12.7 Å². The van der Waals surface area contributed by atoms with E-state index in [0.717, 1.165) is 48.7 Å². The van der Waals surface area contributed by atoms with Crippen LogP contribution in [0.15, 0.2) is 6.07 Å². The van der Waals surface area contributed by atoms with E-state index in [1.807, 2.05) is 0 Å². The second kappa shape index (κ2) is 10.7. The molecule has 0 N–H and O–H groups in total. The fourth-order valence-corrected chi connectivity index (χ4v) is 5.33. The first-order valence-corrected chi connectivity index (χ1v) is 12.4. The van der Waals surface area contributed by atoms with Gasteiger partial charge in [-0.1, -0.05) is 58.8 Å². The Balaban J connectivity index is 1.43. The van der Waals surface area contributed by atoms with Crippen molar-refractivity contribution in [2.24, 2.45) is 17.8 Å². The average Bonchev–Trinajstić information content (AvgIpc) is 2.71. The molecule has 1 aliphatic carbocycles. The molecule has 1 saturated carbocycles. The van der Waals surface area contributed by atoms with Crippen molar-refractivity contribution in [2.75, 3.05) is 6.61 Å². The molecule has 0 saturated heterocycles. The van der Waals surface area contributed by atoms with E-state index >= 15 is 0 Å². The highest BCUT2D eigenvalue weighted by atomic mass is 16.5. The lowest BCUT2D eigenvalue weighted by atomic mass is 9.79. The Labute approximate surface area is 179 Å². The molecule has 2 unspecified atom stereocenters. The molecule has 2 aliphatic rings. The van der Waals surface area contributed by atoms with E-state index in [2.05, 4.69) is 40.7 Å². The van der Waals surface area contributed by atoms with Gasteiger partial charge in [-0.2, -0.15) is 0 Å². The van der Waals surface area contributed by atoms with Crippen LogP contribution in [0.4, 0.5) is 0 Å². The molecule has 164 valence electrons. The molecule has 0 radical (unpaired) electrons. The molecule has 2 heteroatoms. The fourth-order valence-electron chi connectivity index (χ4n) is 5.33. The van der Waals surface area contributed by atoms with E-state index in [-0.39, 0.29) is 0 Å². The maximum atomic E-state index is 6.37. The third-order valence-corrected chi connectivity index (χ3v) is 7.54. The molecule has 29 heavy (non-hydrogen) atoms.